The normalized spacial score (nSPS) is 16.0. The largest absolute Gasteiger partial charge is 0.497 e. The molecule has 0 unspecified atom stereocenters. The van der Waals surface area contributed by atoms with Crippen molar-refractivity contribution in [2.45, 2.75) is 51.0 Å². The molecule has 27 heavy (non-hydrogen) atoms. The zero-order chi connectivity index (χ0) is 19.7. The van der Waals surface area contributed by atoms with Crippen molar-refractivity contribution in [3.63, 3.8) is 0 Å². The summed E-state index contributed by atoms with van der Waals surface area (Å²) in [5, 5.41) is 15.6. The third-order valence-electron chi connectivity index (χ3n) is 4.70. The minimum Gasteiger partial charge on any atom is -0.497 e. The second kappa shape index (κ2) is 10.1. The van der Waals surface area contributed by atoms with Gasteiger partial charge < -0.3 is 20.5 Å². The fourth-order valence-electron chi connectivity index (χ4n) is 3.15. The molecule has 0 bridgehead atoms. The van der Waals surface area contributed by atoms with Gasteiger partial charge in [0.1, 0.15) is 5.75 Å². The highest BCUT2D eigenvalue weighted by Crippen LogP contribution is 2.19. The van der Waals surface area contributed by atoms with Crippen LogP contribution in [0.2, 0.25) is 0 Å². The van der Waals surface area contributed by atoms with E-state index < -0.39 is 17.4 Å². The second-order valence-electron chi connectivity index (χ2n) is 7.32. The first-order valence-corrected chi connectivity index (χ1v) is 9.49. The lowest BCUT2D eigenvalue weighted by Crippen LogP contribution is -2.47. The lowest BCUT2D eigenvalue weighted by atomic mass is 9.96. The highest BCUT2D eigenvalue weighted by atomic mass is 16.5. The van der Waals surface area contributed by atoms with Crippen LogP contribution in [0.5, 0.6) is 5.75 Å². The number of benzene rings is 1. The molecule has 0 aliphatic heterocycles. The van der Waals surface area contributed by atoms with Gasteiger partial charge in [-0.2, -0.15) is 0 Å². The Balaban J connectivity index is 1.71. The van der Waals surface area contributed by atoms with Crippen LogP contribution in [-0.2, 0) is 16.0 Å². The van der Waals surface area contributed by atoms with E-state index in [1.165, 1.54) is 18.4 Å². The Hall–Kier alpha value is -2.34. The maximum atomic E-state index is 11.9. The van der Waals surface area contributed by atoms with Crippen LogP contribution in [-0.4, -0.2) is 42.7 Å². The van der Waals surface area contributed by atoms with Gasteiger partial charge in [0.25, 0.3) is 0 Å². The Labute approximate surface area is 161 Å². The Kier molecular flexibility index (Phi) is 7.85. The number of hydrogen-bond donors (Lipinski definition) is 3. The van der Waals surface area contributed by atoms with E-state index >= 15 is 0 Å². The van der Waals surface area contributed by atoms with Gasteiger partial charge in [0.2, 0.25) is 0 Å². The minimum atomic E-state index is -1.16. The van der Waals surface area contributed by atoms with Crippen molar-refractivity contribution in [3.8, 4) is 5.75 Å². The summed E-state index contributed by atoms with van der Waals surface area (Å²) in [4.78, 5) is 23.8. The third kappa shape index (κ3) is 7.43. The highest BCUT2D eigenvalue weighted by molar-refractivity contribution is 6.35. The predicted molar refractivity (Wildman–Crippen MR) is 105 cm³/mol. The van der Waals surface area contributed by atoms with Crippen molar-refractivity contribution in [1.82, 2.24) is 10.6 Å². The van der Waals surface area contributed by atoms with Crippen LogP contribution in [0.3, 0.4) is 0 Å². The molecule has 0 saturated heterocycles. The quantitative estimate of drug-likeness (QED) is 0.480. The summed E-state index contributed by atoms with van der Waals surface area (Å²) in [6.45, 7) is 2.09. The molecule has 2 rings (SSSR count). The van der Waals surface area contributed by atoms with Crippen molar-refractivity contribution < 1.29 is 19.4 Å². The zero-order valence-electron chi connectivity index (χ0n) is 16.2. The van der Waals surface area contributed by atoms with E-state index in [-0.39, 0.29) is 6.54 Å². The first-order chi connectivity index (χ1) is 12.9. The lowest BCUT2D eigenvalue weighted by Gasteiger charge is -2.23. The summed E-state index contributed by atoms with van der Waals surface area (Å²) in [6, 6.07) is 7.36. The van der Waals surface area contributed by atoms with Gasteiger partial charge in [0.15, 0.2) is 0 Å². The van der Waals surface area contributed by atoms with Gasteiger partial charge in [-0.1, -0.05) is 23.8 Å². The summed E-state index contributed by atoms with van der Waals surface area (Å²) in [7, 11) is 1.60. The Morgan fingerprint density at radius 1 is 1.15 bits per heavy atom. The van der Waals surface area contributed by atoms with E-state index in [2.05, 4.69) is 16.7 Å². The molecule has 0 fully saturated rings. The van der Waals surface area contributed by atoms with Crippen molar-refractivity contribution in [1.29, 1.82) is 0 Å². The molecule has 1 aromatic carbocycles. The smallest absolute Gasteiger partial charge is 0.309 e. The first-order valence-electron chi connectivity index (χ1n) is 9.49. The van der Waals surface area contributed by atoms with Gasteiger partial charge in [0.05, 0.1) is 12.7 Å². The van der Waals surface area contributed by atoms with Gasteiger partial charge in [0, 0.05) is 19.5 Å². The minimum absolute atomic E-state index is 0.00354. The first kappa shape index (κ1) is 21.0. The predicted octanol–water partition coefficient (Wildman–Crippen LogP) is 2.11. The van der Waals surface area contributed by atoms with Crippen LogP contribution >= 0.6 is 0 Å². The summed E-state index contributed by atoms with van der Waals surface area (Å²) >= 11 is 0. The molecule has 3 N–H and O–H groups in total. The average molecular weight is 374 g/mol. The summed E-state index contributed by atoms with van der Waals surface area (Å²) in [5.74, 6) is -0.637. The average Bonchev–Trinajstić information content (AvgIpc) is 2.67. The number of aliphatic hydroxyl groups is 1. The third-order valence-corrected chi connectivity index (χ3v) is 4.70. The molecule has 1 aromatic rings. The lowest BCUT2D eigenvalue weighted by molar-refractivity contribution is -0.139. The summed E-state index contributed by atoms with van der Waals surface area (Å²) in [6.07, 6.45) is 7.98. The van der Waals surface area contributed by atoms with Crippen LogP contribution < -0.4 is 15.4 Å². The van der Waals surface area contributed by atoms with E-state index in [9.17, 15) is 14.7 Å². The standard InChI is InChI=1S/C21H30N2O4/c1-21(26,14-17-8-10-18(27-2)11-9-17)15-23-20(25)19(24)22-13-12-16-6-4-3-5-7-16/h6,8-11,26H,3-5,7,12-15H2,1-2H3,(H,22,24)(H,23,25)/t21-/m1/s1. The molecular weight excluding hydrogens is 344 g/mol. The van der Waals surface area contributed by atoms with Crippen molar-refractivity contribution in [2.75, 3.05) is 20.2 Å². The Bertz CT molecular complexity index is 665. The maximum Gasteiger partial charge on any atom is 0.309 e. The molecule has 0 aromatic heterocycles. The monoisotopic (exact) mass is 374 g/mol. The molecular formula is C21H30N2O4. The number of allylic oxidation sites excluding steroid dienone is 1. The number of methoxy groups -OCH3 is 1. The fourth-order valence-corrected chi connectivity index (χ4v) is 3.15. The molecule has 148 valence electrons. The van der Waals surface area contributed by atoms with Crippen molar-refractivity contribution >= 4 is 11.8 Å². The van der Waals surface area contributed by atoms with Gasteiger partial charge in [-0.15, -0.1) is 0 Å². The van der Waals surface area contributed by atoms with Gasteiger partial charge in [-0.25, -0.2) is 0 Å². The van der Waals surface area contributed by atoms with Gasteiger partial charge >= 0.3 is 11.8 Å². The van der Waals surface area contributed by atoms with Crippen molar-refractivity contribution in [3.05, 3.63) is 41.5 Å². The number of carbonyl (C=O) groups is 2. The van der Waals surface area contributed by atoms with E-state index in [0.717, 1.165) is 30.6 Å². The van der Waals surface area contributed by atoms with Gasteiger partial charge in [-0.3, -0.25) is 9.59 Å². The molecule has 0 heterocycles. The number of hydrogen-bond acceptors (Lipinski definition) is 4. The molecule has 2 amide bonds. The number of rotatable bonds is 8. The van der Waals surface area contributed by atoms with Crippen LogP contribution in [0, 0.1) is 0 Å². The zero-order valence-corrected chi connectivity index (χ0v) is 16.2. The summed E-state index contributed by atoms with van der Waals surface area (Å²) in [5.41, 5.74) is 1.11. The number of amides is 2. The second-order valence-corrected chi connectivity index (χ2v) is 7.32. The summed E-state index contributed by atoms with van der Waals surface area (Å²) < 4.78 is 5.11. The van der Waals surface area contributed by atoms with E-state index in [0.29, 0.717) is 13.0 Å². The maximum absolute atomic E-state index is 11.9. The highest BCUT2D eigenvalue weighted by Gasteiger charge is 2.23. The molecule has 6 nitrogen and oxygen atoms in total. The van der Waals surface area contributed by atoms with Crippen LogP contribution in [0.15, 0.2) is 35.9 Å². The van der Waals surface area contributed by atoms with Crippen LogP contribution in [0.4, 0.5) is 0 Å². The molecule has 0 spiro atoms. The topological polar surface area (TPSA) is 87.7 Å². The molecule has 6 heteroatoms. The van der Waals surface area contributed by atoms with Crippen LogP contribution in [0.25, 0.3) is 0 Å². The molecule has 1 aliphatic rings. The van der Waals surface area contributed by atoms with Gasteiger partial charge in [-0.05, 0) is 56.7 Å². The van der Waals surface area contributed by atoms with E-state index in [1.807, 2.05) is 24.3 Å². The molecule has 0 saturated carbocycles. The Morgan fingerprint density at radius 3 is 2.48 bits per heavy atom. The van der Waals surface area contributed by atoms with Crippen LogP contribution in [0.1, 0.15) is 44.6 Å². The molecule has 1 atom stereocenters. The van der Waals surface area contributed by atoms with Crippen molar-refractivity contribution in [2.24, 2.45) is 0 Å². The number of carbonyl (C=O) groups excluding carboxylic acids is 2. The molecule has 0 radical (unpaired) electrons. The Morgan fingerprint density at radius 2 is 1.85 bits per heavy atom. The van der Waals surface area contributed by atoms with E-state index in [4.69, 9.17) is 4.74 Å². The fraction of sp³-hybridized carbons (Fsp3) is 0.524. The molecule has 1 aliphatic carbocycles. The number of nitrogens with one attached hydrogen (secondary N) is 2. The SMILES string of the molecule is COc1ccc(C[C@@](C)(O)CNC(=O)C(=O)NCCC2=CCCCC2)cc1. The van der Waals surface area contributed by atoms with E-state index in [1.54, 1.807) is 14.0 Å². The number of ether oxygens (including phenoxy) is 1.